The van der Waals surface area contributed by atoms with Gasteiger partial charge in [0.1, 0.15) is 5.82 Å². The highest BCUT2D eigenvalue weighted by atomic mass is 32.2. The summed E-state index contributed by atoms with van der Waals surface area (Å²) in [5.41, 5.74) is 0.858. The number of anilines is 1. The summed E-state index contributed by atoms with van der Waals surface area (Å²) in [6.07, 6.45) is 3.15. The van der Waals surface area contributed by atoms with Gasteiger partial charge in [-0.15, -0.1) is 0 Å². The van der Waals surface area contributed by atoms with E-state index in [2.05, 4.69) is 20.3 Å². The highest BCUT2D eigenvalue weighted by Gasteiger charge is 2.28. The SMILES string of the molecule is CN1CCN(S(=O)(=O)c2cccc(C(=O)Nc3ccnc4ccnn34)c2)CC1. The minimum Gasteiger partial charge on any atom is -0.306 e. The Morgan fingerprint density at radius 2 is 1.86 bits per heavy atom. The maximum absolute atomic E-state index is 12.9. The van der Waals surface area contributed by atoms with E-state index < -0.39 is 15.9 Å². The molecule has 1 amide bonds. The smallest absolute Gasteiger partial charge is 0.256 e. The first-order valence-electron chi connectivity index (χ1n) is 8.84. The van der Waals surface area contributed by atoms with Gasteiger partial charge in [-0.2, -0.15) is 13.9 Å². The van der Waals surface area contributed by atoms with E-state index >= 15 is 0 Å². The number of carbonyl (C=O) groups is 1. The topological polar surface area (TPSA) is 99.9 Å². The van der Waals surface area contributed by atoms with Crippen LogP contribution in [0, 0.1) is 0 Å². The molecule has 146 valence electrons. The number of piperazine rings is 1. The fourth-order valence-corrected chi connectivity index (χ4v) is 4.56. The molecular weight excluding hydrogens is 380 g/mol. The lowest BCUT2D eigenvalue weighted by atomic mass is 10.2. The number of hydrogen-bond acceptors (Lipinski definition) is 6. The fraction of sp³-hybridized carbons (Fsp3) is 0.278. The summed E-state index contributed by atoms with van der Waals surface area (Å²) in [4.78, 5) is 19.0. The molecule has 1 aliphatic heterocycles. The Hall–Kier alpha value is -2.82. The first-order valence-corrected chi connectivity index (χ1v) is 10.3. The van der Waals surface area contributed by atoms with Crippen molar-refractivity contribution < 1.29 is 13.2 Å². The third-order valence-electron chi connectivity index (χ3n) is 4.73. The van der Waals surface area contributed by atoms with Gasteiger partial charge in [-0.1, -0.05) is 6.07 Å². The van der Waals surface area contributed by atoms with Crippen LogP contribution in [-0.4, -0.2) is 71.4 Å². The number of amides is 1. The Bertz CT molecular complexity index is 1120. The molecule has 1 fully saturated rings. The number of nitrogens with one attached hydrogen (secondary N) is 1. The van der Waals surface area contributed by atoms with Crippen LogP contribution in [0.4, 0.5) is 5.82 Å². The molecule has 3 aromatic rings. The second-order valence-corrected chi connectivity index (χ2v) is 8.56. The number of rotatable bonds is 4. The lowest BCUT2D eigenvalue weighted by molar-refractivity contribution is 0.102. The largest absolute Gasteiger partial charge is 0.306 e. The zero-order valence-electron chi connectivity index (χ0n) is 15.3. The second kappa shape index (κ2) is 7.30. The molecule has 1 saturated heterocycles. The van der Waals surface area contributed by atoms with Crippen molar-refractivity contribution in [1.29, 1.82) is 0 Å². The molecule has 1 aromatic carbocycles. The van der Waals surface area contributed by atoms with Crippen LogP contribution in [0.5, 0.6) is 0 Å². The van der Waals surface area contributed by atoms with Gasteiger partial charge >= 0.3 is 0 Å². The summed E-state index contributed by atoms with van der Waals surface area (Å²) in [6.45, 7) is 2.23. The van der Waals surface area contributed by atoms with E-state index in [4.69, 9.17) is 0 Å². The van der Waals surface area contributed by atoms with E-state index in [1.165, 1.54) is 21.0 Å². The molecule has 3 heterocycles. The van der Waals surface area contributed by atoms with Crippen molar-refractivity contribution in [3.63, 3.8) is 0 Å². The normalized spacial score (nSPS) is 16.3. The summed E-state index contributed by atoms with van der Waals surface area (Å²) >= 11 is 0. The predicted octanol–water partition coefficient (Wildman–Crippen LogP) is 0.918. The average molecular weight is 400 g/mol. The molecule has 1 N–H and O–H groups in total. The molecule has 1 aliphatic rings. The fourth-order valence-electron chi connectivity index (χ4n) is 3.09. The van der Waals surface area contributed by atoms with Crippen molar-refractivity contribution in [3.8, 4) is 0 Å². The Morgan fingerprint density at radius 1 is 1.07 bits per heavy atom. The summed E-state index contributed by atoms with van der Waals surface area (Å²) in [5, 5.41) is 6.88. The second-order valence-electron chi connectivity index (χ2n) is 6.62. The lowest BCUT2D eigenvalue weighted by Crippen LogP contribution is -2.47. The molecule has 2 aromatic heterocycles. The van der Waals surface area contributed by atoms with E-state index in [-0.39, 0.29) is 10.5 Å². The number of nitrogens with zero attached hydrogens (tertiary/aromatic N) is 5. The van der Waals surface area contributed by atoms with Crippen LogP contribution in [-0.2, 0) is 10.0 Å². The third-order valence-corrected chi connectivity index (χ3v) is 6.62. The van der Waals surface area contributed by atoms with E-state index in [1.54, 1.807) is 36.7 Å². The first kappa shape index (κ1) is 18.5. The van der Waals surface area contributed by atoms with Gasteiger partial charge in [-0.05, 0) is 31.3 Å². The Morgan fingerprint density at radius 3 is 2.64 bits per heavy atom. The number of hydrogen-bond donors (Lipinski definition) is 1. The van der Waals surface area contributed by atoms with Gasteiger partial charge in [0, 0.05) is 44.0 Å². The molecule has 0 saturated carbocycles. The Kier molecular flexibility index (Phi) is 4.84. The summed E-state index contributed by atoms with van der Waals surface area (Å²) in [7, 11) is -1.68. The van der Waals surface area contributed by atoms with Crippen molar-refractivity contribution in [2.45, 2.75) is 4.90 Å². The molecule has 4 rings (SSSR count). The minimum atomic E-state index is -3.64. The Labute approximate surface area is 162 Å². The zero-order chi connectivity index (χ0) is 19.7. The maximum Gasteiger partial charge on any atom is 0.256 e. The van der Waals surface area contributed by atoms with Gasteiger partial charge in [-0.25, -0.2) is 13.4 Å². The van der Waals surface area contributed by atoms with E-state index in [0.717, 1.165) is 0 Å². The van der Waals surface area contributed by atoms with Gasteiger partial charge in [0.2, 0.25) is 10.0 Å². The van der Waals surface area contributed by atoms with Crippen LogP contribution in [0.2, 0.25) is 0 Å². The van der Waals surface area contributed by atoms with Crippen LogP contribution in [0.25, 0.3) is 5.65 Å². The van der Waals surface area contributed by atoms with Crippen LogP contribution in [0.15, 0.2) is 53.7 Å². The van der Waals surface area contributed by atoms with Crippen LogP contribution >= 0.6 is 0 Å². The number of carbonyl (C=O) groups excluding carboxylic acids is 1. The van der Waals surface area contributed by atoms with Crippen molar-refractivity contribution in [1.82, 2.24) is 23.8 Å². The first-order chi connectivity index (χ1) is 13.4. The molecule has 9 nitrogen and oxygen atoms in total. The van der Waals surface area contributed by atoms with Gasteiger partial charge < -0.3 is 10.2 Å². The lowest BCUT2D eigenvalue weighted by Gasteiger charge is -2.31. The Balaban J connectivity index is 1.58. The van der Waals surface area contributed by atoms with Gasteiger partial charge in [-0.3, -0.25) is 4.79 Å². The predicted molar refractivity (Wildman–Crippen MR) is 104 cm³/mol. The minimum absolute atomic E-state index is 0.115. The van der Waals surface area contributed by atoms with Crippen LogP contribution < -0.4 is 5.32 Å². The third kappa shape index (κ3) is 3.49. The molecule has 0 spiro atoms. The number of fused-ring (bicyclic) bond motifs is 1. The average Bonchev–Trinajstić information content (AvgIpc) is 3.18. The number of aromatic nitrogens is 3. The molecule has 10 heteroatoms. The molecule has 0 atom stereocenters. The standard InChI is InChI=1S/C18H20N6O3S/c1-22-9-11-23(12-10-22)28(26,27)15-4-2-3-14(13-15)18(25)21-17-5-7-19-16-6-8-20-24(16)17/h2-8,13H,9-12H2,1H3,(H,21,25). The van der Waals surface area contributed by atoms with Gasteiger partial charge in [0.15, 0.2) is 5.65 Å². The highest BCUT2D eigenvalue weighted by molar-refractivity contribution is 7.89. The summed E-state index contributed by atoms with van der Waals surface area (Å²) in [6, 6.07) is 9.43. The van der Waals surface area contributed by atoms with E-state index in [0.29, 0.717) is 37.6 Å². The molecule has 0 aliphatic carbocycles. The number of sulfonamides is 1. The van der Waals surface area contributed by atoms with Gasteiger partial charge in [0.05, 0.1) is 11.1 Å². The van der Waals surface area contributed by atoms with Crippen molar-refractivity contribution >= 4 is 27.4 Å². The number of benzene rings is 1. The van der Waals surface area contributed by atoms with Gasteiger partial charge in [0.25, 0.3) is 5.91 Å². The maximum atomic E-state index is 12.9. The van der Waals surface area contributed by atoms with Crippen LogP contribution in [0.1, 0.15) is 10.4 Å². The highest BCUT2D eigenvalue weighted by Crippen LogP contribution is 2.19. The molecule has 0 unspecified atom stereocenters. The van der Waals surface area contributed by atoms with Crippen LogP contribution in [0.3, 0.4) is 0 Å². The van der Waals surface area contributed by atoms with Crippen molar-refractivity contribution in [2.75, 3.05) is 38.5 Å². The molecule has 28 heavy (non-hydrogen) atoms. The molecular formula is C18H20N6O3S. The van der Waals surface area contributed by atoms with Crippen molar-refractivity contribution in [2.24, 2.45) is 0 Å². The van der Waals surface area contributed by atoms with Crippen molar-refractivity contribution in [3.05, 3.63) is 54.4 Å². The quantitative estimate of drug-likeness (QED) is 0.699. The monoisotopic (exact) mass is 400 g/mol. The molecule has 0 bridgehead atoms. The van der Waals surface area contributed by atoms with E-state index in [9.17, 15) is 13.2 Å². The zero-order valence-corrected chi connectivity index (χ0v) is 16.1. The summed E-state index contributed by atoms with van der Waals surface area (Å²) in [5.74, 6) is 0.0331. The summed E-state index contributed by atoms with van der Waals surface area (Å²) < 4.78 is 28.8. The van der Waals surface area contributed by atoms with E-state index in [1.807, 2.05) is 7.05 Å². The molecule has 0 radical (unpaired) electrons. The number of likely N-dealkylation sites (N-methyl/N-ethyl adjacent to an activating group) is 1.